The van der Waals surface area contributed by atoms with Crippen LogP contribution in [0.3, 0.4) is 0 Å². The Labute approximate surface area is 158 Å². The van der Waals surface area contributed by atoms with E-state index in [1.165, 1.54) is 0 Å². The minimum atomic E-state index is 0.781. The third kappa shape index (κ3) is 2.93. The first-order valence-electron chi connectivity index (χ1n) is 8.80. The van der Waals surface area contributed by atoms with E-state index >= 15 is 0 Å². The molecule has 0 unspecified atom stereocenters. The summed E-state index contributed by atoms with van der Waals surface area (Å²) in [4.78, 5) is 0. The molecule has 1 aliphatic rings. The van der Waals surface area contributed by atoms with Crippen molar-refractivity contribution in [3.8, 4) is 17.2 Å². The number of ether oxygens (including phenoxy) is 3. The number of hydrogen-bond acceptors (Lipinski definition) is 3. The molecule has 4 nitrogen and oxygen atoms in total. The number of nitrogens with zero attached hydrogens (tertiary/aromatic N) is 1. The molecular weight excluding hydrogens is 338 g/mol. The van der Waals surface area contributed by atoms with Crippen molar-refractivity contribution in [1.82, 2.24) is 0 Å². The summed E-state index contributed by atoms with van der Waals surface area (Å²) in [6.07, 6.45) is 2.09. The van der Waals surface area contributed by atoms with Crippen molar-refractivity contribution < 1.29 is 18.8 Å². The van der Waals surface area contributed by atoms with Crippen molar-refractivity contribution >= 4 is 22.2 Å². The quantitative estimate of drug-likeness (QED) is 0.651. The Kier molecular flexibility index (Phi) is 4.32. The molecule has 0 saturated heterocycles. The van der Waals surface area contributed by atoms with Crippen LogP contribution in [-0.4, -0.2) is 38.8 Å². The van der Waals surface area contributed by atoms with Gasteiger partial charge >= 0.3 is 5.90 Å². The lowest BCUT2D eigenvalue weighted by Crippen LogP contribution is -2.17. The first kappa shape index (κ1) is 17.2. The zero-order valence-corrected chi connectivity index (χ0v) is 15.9. The number of hydrogen-bond donors (Lipinski definition) is 0. The van der Waals surface area contributed by atoms with Crippen LogP contribution < -0.4 is 14.2 Å². The molecule has 0 radical (unpaired) electrons. The van der Waals surface area contributed by atoms with Gasteiger partial charge in [0.2, 0.25) is 0 Å². The van der Waals surface area contributed by atoms with Crippen LogP contribution in [0, 0.1) is 0 Å². The van der Waals surface area contributed by atoms with E-state index < -0.39 is 0 Å². The van der Waals surface area contributed by atoms with Gasteiger partial charge in [-0.05, 0) is 47.0 Å². The normalized spacial score (nSPS) is 12.9. The van der Waals surface area contributed by atoms with Gasteiger partial charge in [0.1, 0.15) is 31.3 Å². The molecule has 4 rings (SSSR count). The summed E-state index contributed by atoms with van der Waals surface area (Å²) >= 11 is 0. The highest BCUT2D eigenvalue weighted by Crippen LogP contribution is 2.41. The fourth-order valence-electron chi connectivity index (χ4n) is 3.41. The lowest BCUT2D eigenvalue weighted by atomic mass is 9.92. The maximum absolute atomic E-state index is 6.27. The standard InChI is InChI=1S/C23H22NO3/c1-24(2)22-14-19(15-8-10-16(25-3)11-9-15)17-12-13-20(26-4)18-6-5-7-21(27-22)23(17)18/h5-14H,1-4H3/q+1. The van der Waals surface area contributed by atoms with Crippen molar-refractivity contribution in [3.05, 3.63) is 71.8 Å². The predicted octanol–water partition coefficient (Wildman–Crippen LogP) is 4.35. The molecule has 1 aliphatic heterocycles. The van der Waals surface area contributed by atoms with Gasteiger partial charge in [0.05, 0.1) is 20.3 Å². The Balaban J connectivity index is 2.04. The van der Waals surface area contributed by atoms with E-state index in [2.05, 4.69) is 30.3 Å². The van der Waals surface area contributed by atoms with Crippen molar-refractivity contribution in [3.63, 3.8) is 0 Å². The highest BCUT2D eigenvalue weighted by molar-refractivity contribution is 6.10. The topological polar surface area (TPSA) is 30.7 Å². The van der Waals surface area contributed by atoms with E-state index in [1.54, 1.807) is 14.2 Å². The Morgan fingerprint density at radius 1 is 0.852 bits per heavy atom. The second kappa shape index (κ2) is 6.80. The SMILES string of the molecule is COc1ccc(C2=CC(=[N+](C)C)Oc3cccc4c(OC)ccc2c34)cc1. The van der Waals surface area contributed by atoms with Gasteiger partial charge in [0, 0.05) is 10.8 Å². The summed E-state index contributed by atoms with van der Waals surface area (Å²) in [5.41, 5.74) is 3.31. The summed E-state index contributed by atoms with van der Waals surface area (Å²) in [7, 11) is 7.33. The van der Waals surface area contributed by atoms with Crippen molar-refractivity contribution in [2.24, 2.45) is 0 Å². The summed E-state index contributed by atoms with van der Waals surface area (Å²) in [6, 6.07) is 18.3. The summed E-state index contributed by atoms with van der Waals surface area (Å²) in [6.45, 7) is 0. The molecule has 0 aliphatic carbocycles. The Morgan fingerprint density at radius 3 is 2.30 bits per heavy atom. The molecule has 0 atom stereocenters. The lowest BCUT2D eigenvalue weighted by molar-refractivity contribution is -0.471. The third-order valence-electron chi connectivity index (χ3n) is 4.80. The second-order valence-corrected chi connectivity index (χ2v) is 6.62. The van der Waals surface area contributed by atoms with Crippen molar-refractivity contribution in [2.75, 3.05) is 28.3 Å². The zero-order chi connectivity index (χ0) is 19.0. The number of methoxy groups -OCH3 is 2. The molecule has 136 valence electrons. The van der Waals surface area contributed by atoms with Gasteiger partial charge in [-0.1, -0.05) is 24.3 Å². The predicted molar refractivity (Wildman–Crippen MR) is 108 cm³/mol. The third-order valence-corrected chi connectivity index (χ3v) is 4.80. The molecule has 0 N–H and O–H groups in total. The molecule has 0 aromatic heterocycles. The molecule has 3 aromatic rings. The van der Waals surface area contributed by atoms with E-state index in [1.807, 2.05) is 49.0 Å². The second-order valence-electron chi connectivity index (χ2n) is 6.62. The van der Waals surface area contributed by atoms with E-state index in [-0.39, 0.29) is 0 Å². The van der Waals surface area contributed by atoms with Crippen LogP contribution in [0.25, 0.3) is 16.3 Å². The van der Waals surface area contributed by atoms with E-state index in [0.29, 0.717) is 0 Å². The molecule has 0 bridgehead atoms. The Hall–Kier alpha value is -3.27. The minimum Gasteiger partial charge on any atom is -0.497 e. The lowest BCUT2D eigenvalue weighted by Gasteiger charge is -2.13. The fourth-order valence-corrected chi connectivity index (χ4v) is 3.41. The monoisotopic (exact) mass is 360 g/mol. The summed E-state index contributed by atoms with van der Waals surface area (Å²) < 4.78 is 19.1. The maximum Gasteiger partial charge on any atom is 0.368 e. The van der Waals surface area contributed by atoms with Crippen molar-refractivity contribution in [1.29, 1.82) is 0 Å². The Morgan fingerprint density at radius 2 is 1.63 bits per heavy atom. The smallest absolute Gasteiger partial charge is 0.368 e. The van der Waals surface area contributed by atoms with E-state index in [9.17, 15) is 0 Å². The molecule has 27 heavy (non-hydrogen) atoms. The zero-order valence-electron chi connectivity index (χ0n) is 15.9. The molecule has 0 fully saturated rings. The largest absolute Gasteiger partial charge is 0.497 e. The van der Waals surface area contributed by atoms with Crippen LogP contribution >= 0.6 is 0 Å². The molecule has 0 saturated carbocycles. The average molecular weight is 360 g/mol. The molecular formula is C23H22NO3+. The van der Waals surface area contributed by atoms with Crippen LogP contribution in [0.4, 0.5) is 0 Å². The number of rotatable bonds is 3. The van der Waals surface area contributed by atoms with Gasteiger partial charge in [-0.3, -0.25) is 0 Å². The molecule has 4 heteroatoms. The highest BCUT2D eigenvalue weighted by Gasteiger charge is 2.23. The summed E-state index contributed by atoms with van der Waals surface area (Å²) in [5, 5.41) is 2.09. The maximum atomic E-state index is 6.27. The van der Waals surface area contributed by atoms with Crippen molar-refractivity contribution in [2.45, 2.75) is 0 Å². The van der Waals surface area contributed by atoms with Gasteiger partial charge in [-0.2, -0.15) is 0 Å². The van der Waals surface area contributed by atoms with Gasteiger partial charge in [0.25, 0.3) is 0 Å². The molecule has 1 heterocycles. The molecule has 0 amide bonds. The van der Waals surface area contributed by atoms with E-state index in [0.717, 1.165) is 50.6 Å². The average Bonchev–Trinajstić information content (AvgIpc) is 2.87. The van der Waals surface area contributed by atoms with Gasteiger partial charge in [0.15, 0.2) is 0 Å². The van der Waals surface area contributed by atoms with Crippen LogP contribution in [-0.2, 0) is 0 Å². The molecule has 0 spiro atoms. The summed E-state index contributed by atoms with van der Waals surface area (Å²) in [5.74, 6) is 3.27. The minimum absolute atomic E-state index is 0.781. The first-order valence-corrected chi connectivity index (χ1v) is 8.80. The van der Waals surface area contributed by atoms with Gasteiger partial charge in [-0.25, -0.2) is 4.58 Å². The van der Waals surface area contributed by atoms with Crippen LogP contribution in [0.1, 0.15) is 11.1 Å². The Bertz CT molecular complexity index is 1070. The van der Waals surface area contributed by atoms with Crippen LogP contribution in [0.2, 0.25) is 0 Å². The van der Waals surface area contributed by atoms with Crippen LogP contribution in [0.15, 0.2) is 60.7 Å². The highest BCUT2D eigenvalue weighted by atomic mass is 16.5. The fraction of sp³-hybridized carbons (Fsp3) is 0.174. The van der Waals surface area contributed by atoms with Gasteiger partial charge < -0.3 is 14.2 Å². The molecule has 3 aromatic carbocycles. The van der Waals surface area contributed by atoms with E-state index in [4.69, 9.17) is 14.2 Å². The number of benzene rings is 3. The van der Waals surface area contributed by atoms with Gasteiger partial charge in [-0.15, -0.1) is 0 Å². The van der Waals surface area contributed by atoms with Crippen LogP contribution in [0.5, 0.6) is 17.2 Å². The first-order chi connectivity index (χ1) is 13.1.